The Morgan fingerprint density at radius 3 is 2.82 bits per heavy atom. The molecule has 2 saturated carbocycles. The molecule has 5 rings (SSSR count). The summed E-state index contributed by atoms with van der Waals surface area (Å²) in [6.07, 6.45) is 5.07. The zero-order valence-corrected chi connectivity index (χ0v) is 15.7. The highest BCUT2D eigenvalue weighted by Crippen LogP contribution is 2.51. The first-order chi connectivity index (χ1) is 13.3. The molecule has 1 saturated heterocycles. The van der Waals surface area contributed by atoms with E-state index in [1.165, 1.54) is 6.20 Å². The predicted molar refractivity (Wildman–Crippen MR) is 102 cm³/mol. The summed E-state index contributed by atoms with van der Waals surface area (Å²) < 4.78 is 16.7. The standard InChI is InChI=1S/C20H23FN4O3/c1-20-4-5-24(9-13(20)15(22)7-20)18-14(21)6-11-16(26)12(19(27)28)8-25(10-2-3-10)17(11)23-18/h6,8,10,13,15H,2-5,7,9,22H2,1H3,(H,27,28)/t13-,15-,20+/m0/s1. The lowest BCUT2D eigenvalue weighted by Gasteiger charge is -2.57. The minimum Gasteiger partial charge on any atom is -0.477 e. The molecule has 2 aromatic rings. The van der Waals surface area contributed by atoms with E-state index in [4.69, 9.17) is 5.73 Å². The van der Waals surface area contributed by atoms with E-state index in [1.54, 1.807) is 4.57 Å². The number of nitrogens with zero attached hydrogens (tertiary/aromatic N) is 3. The molecule has 7 nitrogen and oxygen atoms in total. The number of aromatic nitrogens is 2. The van der Waals surface area contributed by atoms with Crippen molar-refractivity contribution in [3.05, 3.63) is 33.9 Å². The maximum absolute atomic E-state index is 15.0. The summed E-state index contributed by atoms with van der Waals surface area (Å²) in [4.78, 5) is 30.5. The van der Waals surface area contributed by atoms with Crippen LogP contribution in [0, 0.1) is 17.2 Å². The van der Waals surface area contributed by atoms with Crippen molar-refractivity contribution in [3.8, 4) is 0 Å². The average Bonchev–Trinajstić information content (AvgIpc) is 3.46. The fourth-order valence-electron chi connectivity index (χ4n) is 4.99. The van der Waals surface area contributed by atoms with Gasteiger partial charge in [0, 0.05) is 31.4 Å². The molecule has 1 aliphatic heterocycles. The number of aromatic carboxylic acids is 1. The van der Waals surface area contributed by atoms with Crippen LogP contribution in [0.4, 0.5) is 10.2 Å². The van der Waals surface area contributed by atoms with Crippen molar-refractivity contribution in [3.63, 3.8) is 0 Å². The number of rotatable bonds is 3. The van der Waals surface area contributed by atoms with Crippen molar-refractivity contribution in [1.29, 1.82) is 0 Å². The third kappa shape index (κ3) is 2.47. The van der Waals surface area contributed by atoms with Gasteiger partial charge in [-0.25, -0.2) is 14.2 Å². The number of anilines is 1. The van der Waals surface area contributed by atoms with Crippen molar-refractivity contribution in [2.45, 2.75) is 44.7 Å². The zero-order chi connectivity index (χ0) is 19.8. The third-order valence-corrected chi connectivity index (χ3v) is 6.89. The highest BCUT2D eigenvalue weighted by atomic mass is 19.1. The highest BCUT2D eigenvalue weighted by molar-refractivity contribution is 5.92. The summed E-state index contributed by atoms with van der Waals surface area (Å²) in [7, 11) is 0. The second kappa shape index (κ2) is 5.76. The van der Waals surface area contributed by atoms with Crippen LogP contribution in [0.25, 0.3) is 11.0 Å². The number of nitrogens with two attached hydrogens (primary N) is 1. The number of pyridine rings is 2. The topological polar surface area (TPSA) is 101 Å². The first-order valence-corrected chi connectivity index (χ1v) is 9.78. The van der Waals surface area contributed by atoms with Crippen LogP contribution in [0.5, 0.6) is 0 Å². The summed E-state index contributed by atoms with van der Waals surface area (Å²) >= 11 is 0. The SMILES string of the molecule is C[C@]12CCN(c3nc4c(cc3F)c(=O)c(C(=O)O)cn4C3CC3)C[C@H]1[C@@H](N)C2. The molecule has 0 aromatic carbocycles. The van der Waals surface area contributed by atoms with Gasteiger partial charge in [-0.15, -0.1) is 0 Å². The summed E-state index contributed by atoms with van der Waals surface area (Å²) in [5.74, 6) is -1.37. The molecule has 0 amide bonds. The molecule has 2 aliphatic carbocycles. The molecular formula is C20H23FN4O3. The van der Waals surface area contributed by atoms with Crippen molar-refractivity contribution in [1.82, 2.24) is 9.55 Å². The molecule has 0 spiro atoms. The molecule has 0 bridgehead atoms. The van der Waals surface area contributed by atoms with E-state index in [9.17, 15) is 19.1 Å². The number of hydrogen-bond donors (Lipinski definition) is 2. The summed E-state index contributed by atoms with van der Waals surface area (Å²) in [6, 6.07) is 1.38. The average molecular weight is 386 g/mol. The van der Waals surface area contributed by atoms with Crippen LogP contribution in [-0.4, -0.2) is 39.8 Å². The molecule has 3 heterocycles. The number of hydrogen-bond acceptors (Lipinski definition) is 5. The molecule has 28 heavy (non-hydrogen) atoms. The van der Waals surface area contributed by atoms with Gasteiger partial charge < -0.3 is 20.3 Å². The van der Waals surface area contributed by atoms with Gasteiger partial charge in [-0.1, -0.05) is 6.92 Å². The number of carboxylic acid groups (broad SMARTS) is 1. The maximum atomic E-state index is 15.0. The van der Waals surface area contributed by atoms with Crippen molar-refractivity contribution in [2.75, 3.05) is 18.0 Å². The second-order valence-corrected chi connectivity index (χ2v) is 8.80. The Bertz CT molecular complexity index is 1060. The Kier molecular flexibility index (Phi) is 3.62. The van der Waals surface area contributed by atoms with E-state index < -0.39 is 17.2 Å². The van der Waals surface area contributed by atoms with Crippen LogP contribution in [-0.2, 0) is 0 Å². The molecule has 8 heteroatoms. The lowest BCUT2D eigenvalue weighted by Crippen LogP contribution is -2.62. The van der Waals surface area contributed by atoms with Crippen LogP contribution < -0.4 is 16.1 Å². The molecule has 0 radical (unpaired) electrons. The van der Waals surface area contributed by atoms with Gasteiger partial charge >= 0.3 is 5.97 Å². The Labute approximate surface area is 161 Å². The Morgan fingerprint density at radius 2 is 2.18 bits per heavy atom. The number of carbonyl (C=O) groups is 1. The van der Waals surface area contributed by atoms with Crippen molar-refractivity contribution in [2.24, 2.45) is 17.1 Å². The minimum absolute atomic E-state index is 0.0234. The smallest absolute Gasteiger partial charge is 0.341 e. The van der Waals surface area contributed by atoms with E-state index in [2.05, 4.69) is 11.9 Å². The van der Waals surface area contributed by atoms with Crippen LogP contribution >= 0.6 is 0 Å². The Hall–Kier alpha value is -2.48. The van der Waals surface area contributed by atoms with Crippen molar-refractivity contribution < 1.29 is 14.3 Å². The number of halogens is 1. The van der Waals surface area contributed by atoms with Gasteiger partial charge in [-0.3, -0.25) is 4.79 Å². The first-order valence-electron chi connectivity index (χ1n) is 9.78. The van der Waals surface area contributed by atoms with Gasteiger partial charge in [0.05, 0.1) is 5.39 Å². The summed E-state index contributed by atoms with van der Waals surface area (Å²) in [5, 5.41) is 9.36. The van der Waals surface area contributed by atoms with Crippen LogP contribution in [0.15, 0.2) is 17.1 Å². The molecular weight excluding hydrogens is 363 g/mol. The van der Waals surface area contributed by atoms with Gasteiger partial charge in [0.15, 0.2) is 11.6 Å². The molecule has 3 fully saturated rings. The van der Waals surface area contributed by atoms with Gasteiger partial charge in [-0.2, -0.15) is 0 Å². The monoisotopic (exact) mass is 386 g/mol. The molecule has 3 aliphatic rings. The fourth-order valence-corrected chi connectivity index (χ4v) is 4.99. The Morgan fingerprint density at radius 1 is 1.43 bits per heavy atom. The van der Waals surface area contributed by atoms with E-state index in [0.717, 1.165) is 31.7 Å². The third-order valence-electron chi connectivity index (χ3n) is 6.89. The second-order valence-electron chi connectivity index (χ2n) is 8.80. The van der Waals surface area contributed by atoms with Crippen LogP contribution in [0.2, 0.25) is 0 Å². The van der Waals surface area contributed by atoms with Gasteiger partial charge in [0.2, 0.25) is 5.43 Å². The Balaban J connectivity index is 1.62. The van der Waals surface area contributed by atoms with E-state index in [1.807, 2.05) is 4.90 Å². The minimum atomic E-state index is -1.31. The van der Waals surface area contributed by atoms with Crippen LogP contribution in [0.3, 0.4) is 0 Å². The maximum Gasteiger partial charge on any atom is 0.341 e. The zero-order valence-electron chi connectivity index (χ0n) is 15.7. The van der Waals surface area contributed by atoms with Gasteiger partial charge in [-0.05, 0) is 43.1 Å². The predicted octanol–water partition coefficient (Wildman–Crippen LogP) is 2.13. The number of carboxylic acids is 1. The molecule has 2 aromatic heterocycles. The van der Waals surface area contributed by atoms with Gasteiger partial charge in [0.1, 0.15) is 11.2 Å². The van der Waals surface area contributed by atoms with E-state index >= 15 is 0 Å². The number of fused-ring (bicyclic) bond motifs is 2. The lowest BCUT2D eigenvalue weighted by molar-refractivity contribution is 0.00277. The molecule has 3 N–H and O–H groups in total. The van der Waals surface area contributed by atoms with Crippen molar-refractivity contribution >= 4 is 22.8 Å². The molecule has 148 valence electrons. The van der Waals surface area contributed by atoms with E-state index in [0.29, 0.717) is 24.7 Å². The fraction of sp³-hybridized carbons (Fsp3) is 0.550. The normalized spacial score (nSPS) is 29.5. The van der Waals surface area contributed by atoms with E-state index in [-0.39, 0.29) is 34.3 Å². The van der Waals surface area contributed by atoms with Gasteiger partial charge in [0.25, 0.3) is 0 Å². The van der Waals surface area contributed by atoms with Crippen LogP contribution in [0.1, 0.15) is 49.0 Å². The quantitative estimate of drug-likeness (QED) is 0.838. The summed E-state index contributed by atoms with van der Waals surface area (Å²) in [6.45, 7) is 3.57. The molecule has 0 unspecified atom stereocenters. The molecule has 3 atom stereocenters. The largest absolute Gasteiger partial charge is 0.477 e. The first kappa shape index (κ1) is 17.6. The lowest BCUT2D eigenvalue weighted by atomic mass is 9.55. The highest BCUT2D eigenvalue weighted by Gasteiger charge is 2.51. The number of piperidine rings is 1. The summed E-state index contributed by atoms with van der Waals surface area (Å²) in [5.41, 5.74) is 5.73.